The van der Waals surface area contributed by atoms with Crippen LogP contribution in [0.1, 0.15) is 53.0 Å². The number of nitrogens with one attached hydrogen (secondary N) is 1. The van der Waals surface area contributed by atoms with E-state index in [0.29, 0.717) is 24.0 Å². The first-order chi connectivity index (χ1) is 19.6. The van der Waals surface area contributed by atoms with E-state index in [2.05, 4.69) is 25.4 Å². The number of halogens is 4. The number of pyridine rings is 1. The smallest absolute Gasteiger partial charge is 0.275 e. The van der Waals surface area contributed by atoms with Crippen LogP contribution in [0.2, 0.25) is 5.02 Å². The molecule has 9 nitrogen and oxygen atoms in total. The highest BCUT2D eigenvalue weighted by Crippen LogP contribution is 2.47. The SMILES string of the molecule is Cc1cc(N2C[C@H]3C[C@H]3C2=O)ncc1[C@H](C)n1cc(NC(=O)c2cncc(-c3c(C(F)F)ccc(Cl)c3F)n2)cn1. The highest BCUT2D eigenvalue weighted by molar-refractivity contribution is 6.31. The largest absolute Gasteiger partial charge is 0.318 e. The molecule has 1 N–H and O–H groups in total. The van der Waals surface area contributed by atoms with Crippen LogP contribution in [0, 0.1) is 24.6 Å². The van der Waals surface area contributed by atoms with Crippen LogP contribution in [-0.2, 0) is 4.79 Å². The number of alkyl halides is 2. The standard InChI is InChI=1S/C28H23ClF3N7O2/c1-13-5-23(38-11-15-6-18(15)28(38)41)34-8-19(13)14(2)39-12-16(7-35-39)36-27(40)22-10-33-9-21(37-22)24-17(26(31)32)3-4-20(29)25(24)30/h3-5,7-10,12,14-15,18,26H,6,11H2,1-2H3,(H,36,40)/t14-,15+,18+/m0/s1. The van der Waals surface area contributed by atoms with Gasteiger partial charge in [-0.1, -0.05) is 17.7 Å². The van der Waals surface area contributed by atoms with E-state index in [0.717, 1.165) is 42.1 Å². The van der Waals surface area contributed by atoms with Gasteiger partial charge in [0.2, 0.25) is 5.91 Å². The summed E-state index contributed by atoms with van der Waals surface area (Å²) in [5, 5.41) is 6.64. The number of fused-ring (bicyclic) bond motifs is 1. The molecule has 6 rings (SSSR count). The normalized spacial score (nSPS) is 18.5. The minimum absolute atomic E-state index is 0.137. The zero-order chi connectivity index (χ0) is 29.0. The fraction of sp³-hybridized carbons (Fsp3) is 0.286. The Balaban J connectivity index is 1.18. The predicted molar refractivity (Wildman–Crippen MR) is 144 cm³/mol. The topological polar surface area (TPSA) is 106 Å². The zero-order valence-electron chi connectivity index (χ0n) is 21.9. The summed E-state index contributed by atoms with van der Waals surface area (Å²) in [7, 11) is 0. The minimum Gasteiger partial charge on any atom is -0.318 e. The Morgan fingerprint density at radius 1 is 1.17 bits per heavy atom. The summed E-state index contributed by atoms with van der Waals surface area (Å²) in [6.07, 6.45) is 5.00. The summed E-state index contributed by atoms with van der Waals surface area (Å²) in [4.78, 5) is 39.6. The van der Waals surface area contributed by atoms with Crippen molar-refractivity contribution in [3.63, 3.8) is 0 Å². The molecule has 2 aliphatic rings. The van der Waals surface area contributed by atoms with Gasteiger partial charge in [-0.3, -0.25) is 24.2 Å². The number of hydrogen-bond donors (Lipinski definition) is 1. The molecule has 1 saturated carbocycles. The van der Waals surface area contributed by atoms with Crippen molar-refractivity contribution < 1.29 is 22.8 Å². The Kier molecular flexibility index (Phi) is 6.72. The first-order valence-electron chi connectivity index (χ1n) is 12.8. The van der Waals surface area contributed by atoms with Crippen LogP contribution in [0.3, 0.4) is 0 Å². The highest BCUT2D eigenvalue weighted by atomic mass is 35.5. The van der Waals surface area contributed by atoms with Crippen LogP contribution >= 0.6 is 11.6 Å². The van der Waals surface area contributed by atoms with Crippen LogP contribution < -0.4 is 10.2 Å². The molecule has 2 amide bonds. The molecule has 0 spiro atoms. The summed E-state index contributed by atoms with van der Waals surface area (Å²) < 4.78 is 43.4. The Morgan fingerprint density at radius 3 is 2.68 bits per heavy atom. The van der Waals surface area contributed by atoms with Crippen molar-refractivity contribution in [2.75, 3.05) is 16.8 Å². The number of rotatable bonds is 7. The molecule has 13 heteroatoms. The summed E-state index contributed by atoms with van der Waals surface area (Å²) in [5.74, 6) is -0.392. The molecule has 1 aliphatic carbocycles. The van der Waals surface area contributed by atoms with Crippen molar-refractivity contribution in [2.45, 2.75) is 32.7 Å². The molecule has 0 radical (unpaired) electrons. The first-order valence-corrected chi connectivity index (χ1v) is 13.2. The molecule has 4 aromatic rings. The molecular weight excluding hydrogens is 559 g/mol. The van der Waals surface area contributed by atoms with Crippen LogP contribution in [0.25, 0.3) is 11.3 Å². The van der Waals surface area contributed by atoms with Gasteiger partial charge in [0, 0.05) is 36.0 Å². The maximum atomic E-state index is 14.7. The second kappa shape index (κ2) is 10.3. The quantitative estimate of drug-likeness (QED) is 0.304. The number of anilines is 2. The average Bonchev–Trinajstić information content (AvgIpc) is 3.45. The molecular formula is C28H23ClF3N7O2. The lowest BCUT2D eigenvalue weighted by molar-refractivity contribution is -0.118. The second-order valence-electron chi connectivity index (χ2n) is 10.2. The molecule has 1 aliphatic heterocycles. The third kappa shape index (κ3) is 4.92. The Bertz CT molecular complexity index is 1700. The summed E-state index contributed by atoms with van der Waals surface area (Å²) in [6, 6.07) is 3.70. The second-order valence-corrected chi connectivity index (χ2v) is 10.6. The number of carbonyl (C=O) groups is 2. The lowest BCUT2D eigenvalue weighted by Crippen LogP contribution is -2.29. The van der Waals surface area contributed by atoms with Crippen LogP contribution in [-0.4, -0.2) is 43.1 Å². The van der Waals surface area contributed by atoms with Crippen LogP contribution in [0.5, 0.6) is 0 Å². The van der Waals surface area contributed by atoms with E-state index in [1.165, 1.54) is 6.20 Å². The third-order valence-corrected chi connectivity index (χ3v) is 7.82. The molecule has 1 saturated heterocycles. The molecule has 3 atom stereocenters. The number of benzene rings is 1. The molecule has 1 aromatic carbocycles. The fourth-order valence-corrected chi connectivity index (χ4v) is 5.33. The van der Waals surface area contributed by atoms with Crippen LogP contribution in [0.4, 0.5) is 24.7 Å². The third-order valence-electron chi connectivity index (χ3n) is 7.53. The van der Waals surface area contributed by atoms with E-state index < -0.39 is 29.3 Å². The number of carbonyl (C=O) groups excluding carboxylic acids is 2. The molecule has 210 valence electrons. The molecule has 2 fully saturated rings. The minimum atomic E-state index is -2.99. The summed E-state index contributed by atoms with van der Waals surface area (Å²) in [6.45, 7) is 4.58. The number of nitrogens with zero attached hydrogens (tertiary/aromatic N) is 6. The van der Waals surface area contributed by atoms with Gasteiger partial charge in [0.05, 0.1) is 41.0 Å². The van der Waals surface area contributed by atoms with Crippen molar-refractivity contribution >= 4 is 34.9 Å². The molecule has 3 aromatic heterocycles. The Labute approximate surface area is 237 Å². The lowest BCUT2D eigenvalue weighted by Gasteiger charge is -2.20. The maximum absolute atomic E-state index is 14.7. The molecule has 0 bridgehead atoms. The van der Waals surface area contributed by atoms with E-state index >= 15 is 0 Å². The van der Waals surface area contributed by atoms with Gasteiger partial charge in [-0.25, -0.2) is 23.1 Å². The van der Waals surface area contributed by atoms with Crippen molar-refractivity contribution in [1.82, 2.24) is 24.7 Å². The number of piperidine rings is 1. The van der Waals surface area contributed by atoms with E-state index in [4.69, 9.17) is 11.6 Å². The van der Waals surface area contributed by atoms with Crippen molar-refractivity contribution in [3.05, 3.63) is 82.4 Å². The van der Waals surface area contributed by atoms with Gasteiger partial charge in [0.25, 0.3) is 12.3 Å². The first kappa shape index (κ1) is 26.9. The molecule has 41 heavy (non-hydrogen) atoms. The monoisotopic (exact) mass is 581 g/mol. The van der Waals surface area contributed by atoms with Crippen LogP contribution in [0.15, 0.2) is 49.2 Å². The van der Waals surface area contributed by atoms with E-state index in [9.17, 15) is 22.8 Å². The number of hydrogen-bond acceptors (Lipinski definition) is 6. The molecule has 0 unspecified atom stereocenters. The number of amides is 2. The fourth-order valence-electron chi connectivity index (χ4n) is 5.18. The van der Waals surface area contributed by atoms with Gasteiger partial charge in [0.15, 0.2) is 5.82 Å². The summed E-state index contributed by atoms with van der Waals surface area (Å²) >= 11 is 5.81. The maximum Gasteiger partial charge on any atom is 0.275 e. The van der Waals surface area contributed by atoms with Gasteiger partial charge < -0.3 is 5.32 Å². The van der Waals surface area contributed by atoms with Gasteiger partial charge in [-0.15, -0.1) is 0 Å². The van der Waals surface area contributed by atoms with E-state index in [-0.39, 0.29) is 34.3 Å². The van der Waals surface area contributed by atoms with Gasteiger partial charge in [-0.05, 0) is 49.4 Å². The number of aryl methyl sites for hydroxylation is 1. The van der Waals surface area contributed by atoms with Gasteiger partial charge in [-0.2, -0.15) is 5.10 Å². The summed E-state index contributed by atoms with van der Waals surface area (Å²) in [5.41, 5.74) is 0.584. The Hall–Kier alpha value is -4.32. The van der Waals surface area contributed by atoms with Crippen molar-refractivity contribution in [3.8, 4) is 11.3 Å². The van der Waals surface area contributed by atoms with E-state index in [1.807, 2.05) is 19.9 Å². The number of aromatic nitrogens is 5. The Morgan fingerprint density at radius 2 is 1.98 bits per heavy atom. The highest BCUT2D eigenvalue weighted by Gasteiger charge is 2.52. The van der Waals surface area contributed by atoms with Gasteiger partial charge in [0.1, 0.15) is 11.5 Å². The average molecular weight is 582 g/mol. The van der Waals surface area contributed by atoms with Gasteiger partial charge >= 0.3 is 0 Å². The van der Waals surface area contributed by atoms with Crippen molar-refractivity contribution in [2.24, 2.45) is 11.8 Å². The molecule has 4 heterocycles. The predicted octanol–water partition coefficient (Wildman–Crippen LogP) is 5.62. The lowest BCUT2D eigenvalue weighted by atomic mass is 10.0. The zero-order valence-corrected chi connectivity index (χ0v) is 22.6. The van der Waals surface area contributed by atoms with E-state index in [1.54, 1.807) is 22.0 Å². The van der Waals surface area contributed by atoms with Crippen molar-refractivity contribution in [1.29, 1.82) is 0 Å².